The summed E-state index contributed by atoms with van der Waals surface area (Å²) in [5.41, 5.74) is 6.70. The van der Waals surface area contributed by atoms with Crippen molar-refractivity contribution in [2.24, 2.45) is 5.73 Å². The molecule has 0 aliphatic rings. The highest BCUT2D eigenvalue weighted by Crippen LogP contribution is 2.23. The Balaban J connectivity index is 1.96. The molecule has 0 atom stereocenters. The van der Waals surface area contributed by atoms with Gasteiger partial charge in [0.15, 0.2) is 6.61 Å². The fourth-order valence-electron chi connectivity index (χ4n) is 1.74. The summed E-state index contributed by atoms with van der Waals surface area (Å²) in [6, 6.07) is 10.7. The van der Waals surface area contributed by atoms with E-state index in [1.54, 1.807) is 24.3 Å². The standard InChI is InChI=1S/C15H14ClFN2O2/c16-11-5-4-10(8-18)14(6-11)21-9-15(20)19-13-3-1-2-12(17)7-13/h1-7H,8-9,18H2,(H,19,20). The van der Waals surface area contributed by atoms with Crippen LogP contribution in [-0.4, -0.2) is 12.5 Å². The lowest BCUT2D eigenvalue weighted by Crippen LogP contribution is -2.20. The van der Waals surface area contributed by atoms with Gasteiger partial charge in [-0.1, -0.05) is 23.7 Å². The molecule has 110 valence electrons. The van der Waals surface area contributed by atoms with Crippen molar-refractivity contribution in [2.75, 3.05) is 11.9 Å². The number of amides is 1. The molecule has 21 heavy (non-hydrogen) atoms. The number of hydrogen-bond acceptors (Lipinski definition) is 3. The maximum atomic E-state index is 13.0. The van der Waals surface area contributed by atoms with Crippen molar-refractivity contribution in [1.29, 1.82) is 0 Å². The molecular formula is C15H14ClFN2O2. The molecule has 0 saturated heterocycles. The van der Waals surface area contributed by atoms with Crippen LogP contribution in [0.5, 0.6) is 5.75 Å². The van der Waals surface area contributed by atoms with Crippen molar-refractivity contribution in [3.63, 3.8) is 0 Å². The van der Waals surface area contributed by atoms with Gasteiger partial charge in [-0.05, 0) is 30.3 Å². The Bertz CT molecular complexity index is 649. The first kappa shape index (κ1) is 15.3. The van der Waals surface area contributed by atoms with Crippen LogP contribution in [0.1, 0.15) is 5.56 Å². The van der Waals surface area contributed by atoms with Crippen LogP contribution in [0.15, 0.2) is 42.5 Å². The second-order valence-corrected chi connectivity index (χ2v) is 4.74. The number of benzene rings is 2. The summed E-state index contributed by atoms with van der Waals surface area (Å²) in [4.78, 5) is 11.8. The summed E-state index contributed by atoms with van der Waals surface area (Å²) in [7, 11) is 0. The Hall–Kier alpha value is -2.11. The van der Waals surface area contributed by atoms with Crippen molar-refractivity contribution in [2.45, 2.75) is 6.54 Å². The van der Waals surface area contributed by atoms with Crippen molar-refractivity contribution < 1.29 is 13.9 Å². The minimum atomic E-state index is -0.422. The highest BCUT2D eigenvalue weighted by Gasteiger charge is 2.08. The largest absolute Gasteiger partial charge is 0.483 e. The summed E-state index contributed by atoms with van der Waals surface area (Å²) in [5, 5.41) is 3.03. The van der Waals surface area contributed by atoms with Crippen LogP contribution in [0.3, 0.4) is 0 Å². The Morgan fingerprint density at radius 2 is 2.10 bits per heavy atom. The second kappa shape index (κ2) is 7.06. The van der Waals surface area contributed by atoms with Gasteiger partial charge in [0.25, 0.3) is 5.91 Å². The normalized spacial score (nSPS) is 10.2. The summed E-state index contributed by atoms with van der Waals surface area (Å²) >= 11 is 5.87. The van der Waals surface area contributed by atoms with Gasteiger partial charge in [-0.25, -0.2) is 4.39 Å². The van der Waals surface area contributed by atoms with Crippen LogP contribution < -0.4 is 15.8 Å². The molecule has 4 nitrogen and oxygen atoms in total. The molecule has 0 radical (unpaired) electrons. The van der Waals surface area contributed by atoms with E-state index in [9.17, 15) is 9.18 Å². The molecule has 2 aromatic rings. The van der Waals surface area contributed by atoms with E-state index in [0.717, 1.165) is 5.56 Å². The predicted molar refractivity (Wildman–Crippen MR) is 79.9 cm³/mol. The molecule has 6 heteroatoms. The molecule has 1 amide bonds. The Morgan fingerprint density at radius 3 is 2.81 bits per heavy atom. The zero-order valence-electron chi connectivity index (χ0n) is 11.1. The van der Waals surface area contributed by atoms with Crippen LogP contribution in [-0.2, 0) is 11.3 Å². The molecule has 0 aliphatic heterocycles. The number of halogens is 2. The average molecular weight is 309 g/mol. The Labute approximate surface area is 126 Å². The average Bonchev–Trinajstić information content (AvgIpc) is 2.45. The quantitative estimate of drug-likeness (QED) is 0.892. The lowest BCUT2D eigenvalue weighted by molar-refractivity contribution is -0.118. The van der Waals surface area contributed by atoms with E-state index in [2.05, 4.69) is 5.32 Å². The minimum Gasteiger partial charge on any atom is -0.483 e. The highest BCUT2D eigenvalue weighted by atomic mass is 35.5. The number of nitrogens with one attached hydrogen (secondary N) is 1. The number of nitrogens with two attached hydrogens (primary N) is 1. The Morgan fingerprint density at radius 1 is 1.29 bits per heavy atom. The molecule has 0 fully saturated rings. The van der Waals surface area contributed by atoms with Crippen LogP contribution >= 0.6 is 11.6 Å². The number of ether oxygens (including phenoxy) is 1. The molecule has 3 N–H and O–H groups in total. The lowest BCUT2D eigenvalue weighted by Gasteiger charge is -2.11. The van der Waals surface area contributed by atoms with Crippen LogP contribution in [0, 0.1) is 5.82 Å². The van der Waals surface area contributed by atoms with E-state index in [1.807, 2.05) is 0 Å². The summed E-state index contributed by atoms with van der Waals surface area (Å²) in [6.45, 7) is 0.0574. The molecule has 0 aromatic heterocycles. The second-order valence-electron chi connectivity index (χ2n) is 4.30. The van der Waals surface area contributed by atoms with Crippen LogP contribution in [0.2, 0.25) is 5.02 Å². The van der Waals surface area contributed by atoms with Crippen molar-refractivity contribution in [3.8, 4) is 5.75 Å². The van der Waals surface area contributed by atoms with Gasteiger partial charge in [0.1, 0.15) is 11.6 Å². The third kappa shape index (κ3) is 4.44. The third-order valence-corrected chi connectivity index (χ3v) is 2.95. The summed E-state index contributed by atoms with van der Waals surface area (Å²) in [5.74, 6) is -0.364. The van der Waals surface area contributed by atoms with Gasteiger partial charge >= 0.3 is 0 Å². The molecule has 0 unspecified atom stereocenters. The zero-order valence-corrected chi connectivity index (χ0v) is 11.9. The van der Waals surface area contributed by atoms with Crippen molar-refractivity contribution >= 4 is 23.2 Å². The molecule has 0 saturated carbocycles. The first-order valence-corrected chi connectivity index (χ1v) is 6.63. The van der Waals surface area contributed by atoms with Crippen LogP contribution in [0.4, 0.5) is 10.1 Å². The number of rotatable bonds is 5. The van der Waals surface area contributed by atoms with E-state index in [1.165, 1.54) is 18.2 Å². The van der Waals surface area contributed by atoms with Gasteiger partial charge in [-0.2, -0.15) is 0 Å². The van der Waals surface area contributed by atoms with E-state index < -0.39 is 11.7 Å². The molecule has 0 spiro atoms. The number of anilines is 1. The fraction of sp³-hybridized carbons (Fsp3) is 0.133. The summed E-state index contributed by atoms with van der Waals surface area (Å²) < 4.78 is 18.4. The number of carbonyl (C=O) groups excluding carboxylic acids is 1. The fourth-order valence-corrected chi connectivity index (χ4v) is 1.90. The van der Waals surface area contributed by atoms with Gasteiger partial charge < -0.3 is 15.8 Å². The van der Waals surface area contributed by atoms with E-state index in [0.29, 0.717) is 16.5 Å². The number of carbonyl (C=O) groups is 1. The SMILES string of the molecule is NCc1ccc(Cl)cc1OCC(=O)Nc1cccc(F)c1. The number of hydrogen-bond donors (Lipinski definition) is 2. The van der Waals surface area contributed by atoms with Crippen LogP contribution in [0.25, 0.3) is 0 Å². The predicted octanol–water partition coefficient (Wildman–Crippen LogP) is 2.96. The molecule has 0 heterocycles. The van der Waals surface area contributed by atoms with E-state index >= 15 is 0 Å². The van der Waals surface area contributed by atoms with Gasteiger partial charge in [0.2, 0.25) is 0 Å². The maximum Gasteiger partial charge on any atom is 0.262 e. The topological polar surface area (TPSA) is 64.3 Å². The highest BCUT2D eigenvalue weighted by molar-refractivity contribution is 6.30. The van der Waals surface area contributed by atoms with Gasteiger partial charge in [-0.3, -0.25) is 4.79 Å². The molecule has 2 aromatic carbocycles. The summed E-state index contributed by atoms with van der Waals surface area (Å²) in [6.07, 6.45) is 0. The van der Waals surface area contributed by atoms with E-state index in [-0.39, 0.29) is 13.2 Å². The third-order valence-electron chi connectivity index (χ3n) is 2.72. The first-order valence-electron chi connectivity index (χ1n) is 6.25. The van der Waals surface area contributed by atoms with Gasteiger partial charge in [0.05, 0.1) is 0 Å². The first-order chi connectivity index (χ1) is 10.1. The minimum absolute atomic E-state index is 0.218. The smallest absolute Gasteiger partial charge is 0.262 e. The van der Waals surface area contributed by atoms with Crippen molar-refractivity contribution in [1.82, 2.24) is 0 Å². The van der Waals surface area contributed by atoms with Gasteiger partial charge in [0, 0.05) is 22.8 Å². The Kier molecular flexibility index (Phi) is 5.14. The zero-order chi connectivity index (χ0) is 15.2. The molecule has 0 bridgehead atoms. The lowest BCUT2D eigenvalue weighted by atomic mass is 10.2. The monoisotopic (exact) mass is 308 g/mol. The molecular weight excluding hydrogens is 295 g/mol. The maximum absolute atomic E-state index is 13.0. The van der Waals surface area contributed by atoms with Gasteiger partial charge in [-0.15, -0.1) is 0 Å². The molecule has 0 aliphatic carbocycles. The van der Waals surface area contributed by atoms with Crippen molar-refractivity contribution in [3.05, 3.63) is 58.9 Å². The molecule has 2 rings (SSSR count). The van der Waals surface area contributed by atoms with E-state index in [4.69, 9.17) is 22.1 Å².